The van der Waals surface area contributed by atoms with Gasteiger partial charge in [-0.3, -0.25) is 0 Å². The van der Waals surface area contributed by atoms with Gasteiger partial charge >= 0.3 is 0 Å². The Morgan fingerprint density at radius 2 is 2.06 bits per heavy atom. The molecule has 0 aliphatic rings. The number of phenols is 1. The van der Waals surface area contributed by atoms with Gasteiger partial charge in [0, 0.05) is 11.8 Å². The lowest BCUT2D eigenvalue weighted by atomic mass is 10.1. The maximum Gasteiger partial charge on any atom is 0.236 e. The number of nitrogens with zero attached hydrogens (tertiary/aromatic N) is 1. The van der Waals surface area contributed by atoms with Crippen LogP contribution in [0.15, 0.2) is 36.5 Å². The SMILES string of the molecule is COc1ncc(-c2cccc(O)c2)cc1N. The summed E-state index contributed by atoms with van der Waals surface area (Å²) in [6.45, 7) is 0. The van der Waals surface area contributed by atoms with Gasteiger partial charge in [-0.2, -0.15) is 0 Å². The van der Waals surface area contributed by atoms with Crippen LogP contribution in [-0.2, 0) is 0 Å². The van der Waals surface area contributed by atoms with Crippen molar-refractivity contribution in [1.82, 2.24) is 4.98 Å². The second kappa shape index (κ2) is 4.10. The summed E-state index contributed by atoms with van der Waals surface area (Å²) in [6.07, 6.45) is 1.66. The number of nitrogens with two attached hydrogens (primary N) is 1. The molecule has 0 unspecified atom stereocenters. The first kappa shape index (κ1) is 10.3. The molecule has 0 amide bonds. The molecule has 16 heavy (non-hydrogen) atoms. The molecular formula is C12H12N2O2. The number of benzene rings is 1. The molecule has 2 aromatic rings. The lowest BCUT2D eigenvalue weighted by Crippen LogP contribution is -1.95. The van der Waals surface area contributed by atoms with Gasteiger partial charge in [-0.25, -0.2) is 4.98 Å². The molecule has 1 aromatic heterocycles. The largest absolute Gasteiger partial charge is 0.508 e. The number of pyridine rings is 1. The van der Waals surface area contributed by atoms with Crippen LogP contribution in [0.4, 0.5) is 5.69 Å². The number of hydrogen-bond donors (Lipinski definition) is 2. The molecule has 0 bridgehead atoms. The van der Waals surface area contributed by atoms with Gasteiger partial charge in [0.2, 0.25) is 5.88 Å². The maximum atomic E-state index is 9.37. The van der Waals surface area contributed by atoms with E-state index in [-0.39, 0.29) is 5.75 Å². The first-order valence-electron chi connectivity index (χ1n) is 4.79. The van der Waals surface area contributed by atoms with Gasteiger partial charge in [-0.05, 0) is 23.8 Å². The molecule has 82 valence electrons. The summed E-state index contributed by atoms with van der Waals surface area (Å²) >= 11 is 0. The zero-order valence-corrected chi connectivity index (χ0v) is 8.84. The van der Waals surface area contributed by atoms with Crippen molar-refractivity contribution < 1.29 is 9.84 Å². The van der Waals surface area contributed by atoms with E-state index in [4.69, 9.17) is 10.5 Å². The van der Waals surface area contributed by atoms with E-state index in [1.165, 1.54) is 7.11 Å². The van der Waals surface area contributed by atoms with E-state index in [1.54, 1.807) is 30.5 Å². The first-order chi connectivity index (χ1) is 7.70. The third kappa shape index (κ3) is 1.91. The Labute approximate surface area is 93.3 Å². The Morgan fingerprint density at radius 1 is 1.25 bits per heavy atom. The molecular weight excluding hydrogens is 204 g/mol. The molecule has 0 saturated carbocycles. The van der Waals surface area contributed by atoms with Crippen LogP contribution in [-0.4, -0.2) is 17.2 Å². The van der Waals surface area contributed by atoms with Gasteiger partial charge < -0.3 is 15.6 Å². The summed E-state index contributed by atoms with van der Waals surface area (Å²) in [5.41, 5.74) is 7.94. The van der Waals surface area contributed by atoms with E-state index >= 15 is 0 Å². The Kier molecular flexibility index (Phi) is 2.64. The average molecular weight is 216 g/mol. The van der Waals surface area contributed by atoms with Crippen LogP contribution in [0.25, 0.3) is 11.1 Å². The number of hydrogen-bond acceptors (Lipinski definition) is 4. The Hall–Kier alpha value is -2.23. The average Bonchev–Trinajstić information content (AvgIpc) is 2.29. The highest BCUT2D eigenvalue weighted by Gasteiger charge is 2.04. The number of methoxy groups -OCH3 is 1. The number of anilines is 1. The summed E-state index contributed by atoms with van der Waals surface area (Å²) in [7, 11) is 1.52. The lowest BCUT2D eigenvalue weighted by molar-refractivity contribution is 0.400. The molecule has 0 radical (unpaired) electrons. The zero-order valence-electron chi connectivity index (χ0n) is 8.84. The number of phenolic OH excluding ortho intramolecular Hbond substituents is 1. The van der Waals surface area contributed by atoms with Crippen molar-refractivity contribution in [2.24, 2.45) is 0 Å². The normalized spacial score (nSPS) is 10.1. The minimum absolute atomic E-state index is 0.215. The van der Waals surface area contributed by atoms with Gasteiger partial charge in [0.25, 0.3) is 0 Å². The smallest absolute Gasteiger partial charge is 0.236 e. The van der Waals surface area contributed by atoms with Gasteiger partial charge in [0.15, 0.2) is 0 Å². The summed E-state index contributed by atoms with van der Waals surface area (Å²) < 4.78 is 4.97. The molecule has 4 nitrogen and oxygen atoms in total. The van der Waals surface area contributed by atoms with E-state index in [2.05, 4.69) is 4.98 Å². The molecule has 0 saturated heterocycles. The number of aromatic nitrogens is 1. The molecule has 0 aliphatic heterocycles. The Bertz CT molecular complexity index is 512. The van der Waals surface area contributed by atoms with E-state index in [0.717, 1.165) is 11.1 Å². The maximum absolute atomic E-state index is 9.37. The monoisotopic (exact) mass is 216 g/mol. The van der Waals surface area contributed by atoms with Gasteiger partial charge in [-0.1, -0.05) is 12.1 Å². The van der Waals surface area contributed by atoms with Gasteiger partial charge in [0.1, 0.15) is 5.75 Å². The lowest BCUT2D eigenvalue weighted by Gasteiger charge is -2.06. The fourth-order valence-corrected chi connectivity index (χ4v) is 1.48. The molecule has 3 N–H and O–H groups in total. The number of rotatable bonds is 2. The minimum atomic E-state index is 0.215. The second-order valence-electron chi connectivity index (χ2n) is 3.37. The fraction of sp³-hybridized carbons (Fsp3) is 0.0833. The van der Waals surface area contributed by atoms with Gasteiger partial charge in [0.05, 0.1) is 12.8 Å². The molecule has 2 rings (SSSR count). The van der Waals surface area contributed by atoms with Crippen LogP contribution in [0.2, 0.25) is 0 Å². The van der Waals surface area contributed by atoms with E-state index in [0.29, 0.717) is 11.6 Å². The summed E-state index contributed by atoms with van der Waals surface area (Å²) in [4.78, 5) is 4.07. The highest BCUT2D eigenvalue weighted by Crippen LogP contribution is 2.27. The topological polar surface area (TPSA) is 68.4 Å². The predicted octanol–water partition coefficient (Wildman–Crippen LogP) is 2.04. The molecule has 0 aliphatic carbocycles. The van der Waals surface area contributed by atoms with E-state index in [9.17, 15) is 5.11 Å². The summed E-state index contributed by atoms with van der Waals surface area (Å²) in [5.74, 6) is 0.621. The van der Waals surface area contributed by atoms with E-state index in [1.807, 2.05) is 6.07 Å². The molecule has 4 heteroatoms. The van der Waals surface area contributed by atoms with Crippen molar-refractivity contribution in [2.45, 2.75) is 0 Å². The van der Waals surface area contributed by atoms with Crippen LogP contribution >= 0.6 is 0 Å². The van der Waals surface area contributed by atoms with Crippen molar-refractivity contribution in [3.05, 3.63) is 36.5 Å². The third-order valence-electron chi connectivity index (χ3n) is 2.25. The molecule has 1 aromatic carbocycles. The van der Waals surface area contributed by atoms with Crippen LogP contribution in [0, 0.1) is 0 Å². The second-order valence-corrected chi connectivity index (χ2v) is 3.37. The summed E-state index contributed by atoms with van der Waals surface area (Å²) in [5, 5.41) is 9.37. The van der Waals surface area contributed by atoms with Crippen molar-refractivity contribution in [3.8, 4) is 22.8 Å². The van der Waals surface area contributed by atoms with Crippen LogP contribution in [0.5, 0.6) is 11.6 Å². The Morgan fingerprint density at radius 3 is 2.69 bits per heavy atom. The predicted molar refractivity (Wildman–Crippen MR) is 62.3 cm³/mol. The molecule has 0 atom stereocenters. The highest BCUT2D eigenvalue weighted by molar-refractivity contribution is 5.69. The van der Waals surface area contributed by atoms with E-state index < -0.39 is 0 Å². The van der Waals surface area contributed by atoms with Gasteiger partial charge in [-0.15, -0.1) is 0 Å². The molecule has 0 spiro atoms. The van der Waals surface area contributed by atoms with Crippen LogP contribution < -0.4 is 10.5 Å². The molecule has 0 fully saturated rings. The standard InChI is InChI=1S/C12H12N2O2/c1-16-12-11(13)6-9(7-14-12)8-3-2-4-10(15)5-8/h2-7,15H,13H2,1H3. The quantitative estimate of drug-likeness (QED) is 0.806. The minimum Gasteiger partial charge on any atom is -0.508 e. The number of aromatic hydroxyl groups is 1. The third-order valence-corrected chi connectivity index (χ3v) is 2.25. The Balaban J connectivity index is 2.45. The molecule has 1 heterocycles. The van der Waals surface area contributed by atoms with Crippen LogP contribution in [0.3, 0.4) is 0 Å². The summed E-state index contributed by atoms with van der Waals surface area (Å²) in [6, 6.07) is 8.68. The number of ether oxygens (including phenoxy) is 1. The van der Waals surface area contributed by atoms with Crippen molar-refractivity contribution in [3.63, 3.8) is 0 Å². The fourth-order valence-electron chi connectivity index (χ4n) is 1.48. The first-order valence-corrected chi connectivity index (χ1v) is 4.79. The van der Waals surface area contributed by atoms with Crippen molar-refractivity contribution in [2.75, 3.05) is 12.8 Å². The zero-order chi connectivity index (χ0) is 11.5. The van der Waals surface area contributed by atoms with Crippen molar-refractivity contribution >= 4 is 5.69 Å². The number of nitrogen functional groups attached to an aromatic ring is 1. The van der Waals surface area contributed by atoms with Crippen molar-refractivity contribution in [1.29, 1.82) is 0 Å². The highest BCUT2D eigenvalue weighted by atomic mass is 16.5. The van der Waals surface area contributed by atoms with Crippen LogP contribution in [0.1, 0.15) is 0 Å².